The first-order chi connectivity index (χ1) is 13.7. The summed E-state index contributed by atoms with van der Waals surface area (Å²) in [6, 6.07) is 16.0. The van der Waals surface area contributed by atoms with E-state index in [9.17, 15) is 4.79 Å². The Morgan fingerprint density at radius 1 is 1.11 bits per heavy atom. The number of H-pyrrole nitrogens is 1. The molecule has 0 saturated carbocycles. The SMILES string of the molecule is CCOC(=O)c1sc(-c2ccc(-c3ccccc3)c(-c3nn[nH]n3)c2)nc1C. The number of hydrogen-bond donors (Lipinski definition) is 1. The van der Waals surface area contributed by atoms with Crippen LogP contribution in [0.5, 0.6) is 0 Å². The summed E-state index contributed by atoms with van der Waals surface area (Å²) in [7, 11) is 0. The number of rotatable bonds is 5. The van der Waals surface area contributed by atoms with Gasteiger partial charge in [0.15, 0.2) is 0 Å². The first-order valence-electron chi connectivity index (χ1n) is 8.75. The molecular formula is C20H17N5O2S. The summed E-state index contributed by atoms with van der Waals surface area (Å²) in [5, 5.41) is 15.2. The molecule has 0 amide bonds. The minimum absolute atomic E-state index is 0.333. The van der Waals surface area contributed by atoms with E-state index in [1.807, 2.05) is 55.5 Å². The number of esters is 1. The van der Waals surface area contributed by atoms with E-state index in [0.717, 1.165) is 27.3 Å². The molecule has 0 fully saturated rings. The van der Waals surface area contributed by atoms with Crippen LogP contribution in [0.3, 0.4) is 0 Å². The molecule has 0 aliphatic carbocycles. The van der Waals surface area contributed by atoms with Crippen molar-refractivity contribution < 1.29 is 9.53 Å². The van der Waals surface area contributed by atoms with Gasteiger partial charge in [0.25, 0.3) is 0 Å². The largest absolute Gasteiger partial charge is 0.462 e. The maximum Gasteiger partial charge on any atom is 0.350 e. The molecule has 0 aliphatic heterocycles. The van der Waals surface area contributed by atoms with E-state index in [4.69, 9.17) is 4.74 Å². The lowest BCUT2D eigenvalue weighted by molar-refractivity contribution is 0.0531. The van der Waals surface area contributed by atoms with Crippen molar-refractivity contribution in [3.8, 4) is 33.1 Å². The summed E-state index contributed by atoms with van der Waals surface area (Å²) in [5.41, 5.74) is 4.42. The predicted octanol–water partition coefficient (Wildman–Crippen LogP) is 4.14. The Hall–Kier alpha value is -3.39. The Bertz CT molecular complexity index is 1110. The third-order valence-corrected chi connectivity index (χ3v) is 5.38. The highest BCUT2D eigenvalue weighted by atomic mass is 32.1. The Labute approximate surface area is 165 Å². The molecular weight excluding hydrogens is 374 g/mol. The van der Waals surface area contributed by atoms with Gasteiger partial charge in [-0.15, -0.1) is 21.5 Å². The van der Waals surface area contributed by atoms with Gasteiger partial charge < -0.3 is 4.74 Å². The number of carbonyl (C=O) groups excluding carboxylic acids is 1. The summed E-state index contributed by atoms with van der Waals surface area (Å²) >= 11 is 1.32. The Balaban J connectivity index is 1.81. The quantitative estimate of drug-likeness (QED) is 0.514. The summed E-state index contributed by atoms with van der Waals surface area (Å²) in [6.07, 6.45) is 0. The van der Waals surface area contributed by atoms with E-state index in [0.29, 0.717) is 23.0 Å². The Morgan fingerprint density at radius 3 is 2.64 bits per heavy atom. The van der Waals surface area contributed by atoms with Gasteiger partial charge >= 0.3 is 5.97 Å². The molecule has 28 heavy (non-hydrogen) atoms. The van der Waals surface area contributed by atoms with Crippen molar-refractivity contribution in [2.24, 2.45) is 0 Å². The van der Waals surface area contributed by atoms with Crippen LogP contribution in [0, 0.1) is 6.92 Å². The highest BCUT2D eigenvalue weighted by Gasteiger charge is 2.19. The van der Waals surface area contributed by atoms with Gasteiger partial charge in [0, 0.05) is 11.1 Å². The van der Waals surface area contributed by atoms with Crippen molar-refractivity contribution in [3.63, 3.8) is 0 Å². The van der Waals surface area contributed by atoms with Gasteiger partial charge in [-0.2, -0.15) is 5.21 Å². The molecule has 0 unspecified atom stereocenters. The van der Waals surface area contributed by atoms with E-state index >= 15 is 0 Å². The van der Waals surface area contributed by atoms with Gasteiger partial charge in [0.2, 0.25) is 5.82 Å². The normalized spacial score (nSPS) is 10.8. The maximum atomic E-state index is 12.1. The van der Waals surface area contributed by atoms with Crippen LogP contribution in [-0.4, -0.2) is 38.2 Å². The molecule has 0 saturated heterocycles. The van der Waals surface area contributed by atoms with Crippen molar-refractivity contribution in [2.75, 3.05) is 6.61 Å². The van der Waals surface area contributed by atoms with Gasteiger partial charge in [0.05, 0.1) is 12.3 Å². The highest BCUT2D eigenvalue weighted by molar-refractivity contribution is 7.17. The number of nitrogens with one attached hydrogen (secondary N) is 1. The number of aryl methyl sites for hydroxylation is 1. The lowest BCUT2D eigenvalue weighted by Gasteiger charge is -2.08. The standard InChI is InChI=1S/C20H17N5O2S/c1-3-27-20(26)17-12(2)21-19(28-17)14-9-10-15(13-7-5-4-6-8-13)16(11-14)18-22-24-25-23-18/h4-11H,3H2,1-2H3,(H,22,23,24,25). The summed E-state index contributed by atoms with van der Waals surface area (Å²) in [5.74, 6) is 0.155. The van der Waals surface area contributed by atoms with Crippen LogP contribution in [0.1, 0.15) is 22.3 Å². The van der Waals surface area contributed by atoms with Crippen LogP contribution >= 0.6 is 11.3 Å². The van der Waals surface area contributed by atoms with Crippen molar-refractivity contribution in [1.82, 2.24) is 25.6 Å². The molecule has 0 bridgehead atoms. The fraction of sp³-hybridized carbons (Fsp3) is 0.150. The zero-order valence-corrected chi connectivity index (χ0v) is 16.2. The third-order valence-electron chi connectivity index (χ3n) is 4.19. The Morgan fingerprint density at radius 2 is 1.93 bits per heavy atom. The molecule has 140 valence electrons. The van der Waals surface area contributed by atoms with Crippen molar-refractivity contribution >= 4 is 17.3 Å². The molecule has 4 rings (SSSR count). The number of benzene rings is 2. The van der Waals surface area contributed by atoms with Crippen LogP contribution in [0.25, 0.3) is 33.1 Å². The fourth-order valence-electron chi connectivity index (χ4n) is 2.91. The monoisotopic (exact) mass is 391 g/mol. The van der Waals surface area contributed by atoms with Crippen LogP contribution < -0.4 is 0 Å². The molecule has 1 N–H and O–H groups in total. The van der Waals surface area contributed by atoms with Crippen molar-refractivity contribution in [3.05, 3.63) is 59.1 Å². The van der Waals surface area contributed by atoms with Gasteiger partial charge in [0.1, 0.15) is 9.88 Å². The molecule has 2 aromatic carbocycles. The lowest BCUT2D eigenvalue weighted by Crippen LogP contribution is -2.03. The molecule has 0 radical (unpaired) electrons. The van der Waals surface area contributed by atoms with E-state index in [1.165, 1.54) is 11.3 Å². The first-order valence-corrected chi connectivity index (χ1v) is 9.57. The van der Waals surface area contributed by atoms with Crippen LogP contribution in [-0.2, 0) is 4.74 Å². The van der Waals surface area contributed by atoms with Gasteiger partial charge in [-0.3, -0.25) is 0 Å². The van der Waals surface area contributed by atoms with Crippen molar-refractivity contribution in [1.29, 1.82) is 0 Å². The molecule has 0 spiro atoms. The van der Waals surface area contributed by atoms with Crippen LogP contribution in [0.2, 0.25) is 0 Å². The van der Waals surface area contributed by atoms with Gasteiger partial charge in [-0.05, 0) is 36.3 Å². The van der Waals surface area contributed by atoms with E-state index < -0.39 is 0 Å². The second-order valence-corrected chi connectivity index (χ2v) is 7.01. The van der Waals surface area contributed by atoms with Crippen LogP contribution in [0.4, 0.5) is 0 Å². The molecule has 0 atom stereocenters. The minimum Gasteiger partial charge on any atom is -0.462 e. The van der Waals surface area contributed by atoms with E-state index in [2.05, 4.69) is 25.6 Å². The molecule has 0 aliphatic rings. The molecule has 8 heteroatoms. The maximum absolute atomic E-state index is 12.1. The number of aromatic amines is 1. The number of carbonyl (C=O) groups is 1. The summed E-state index contributed by atoms with van der Waals surface area (Å²) in [4.78, 5) is 17.2. The molecule has 4 aromatic rings. The molecule has 7 nitrogen and oxygen atoms in total. The average molecular weight is 391 g/mol. The topological polar surface area (TPSA) is 93.7 Å². The van der Waals surface area contributed by atoms with Gasteiger partial charge in [-0.1, -0.05) is 42.5 Å². The second-order valence-electron chi connectivity index (χ2n) is 6.02. The highest BCUT2D eigenvalue weighted by Crippen LogP contribution is 2.36. The smallest absolute Gasteiger partial charge is 0.350 e. The number of hydrogen-bond acceptors (Lipinski definition) is 7. The summed E-state index contributed by atoms with van der Waals surface area (Å²) < 4.78 is 5.12. The predicted molar refractivity (Wildman–Crippen MR) is 107 cm³/mol. The fourth-order valence-corrected chi connectivity index (χ4v) is 3.87. The number of thiazole rings is 1. The second kappa shape index (κ2) is 7.69. The zero-order chi connectivity index (χ0) is 19.5. The minimum atomic E-state index is -0.344. The third kappa shape index (κ3) is 3.41. The van der Waals surface area contributed by atoms with Crippen molar-refractivity contribution in [2.45, 2.75) is 13.8 Å². The number of nitrogens with zero attached hydrogens (tertiary/aromatic N) is 4. The first kappa shape index (κ1) is 18.0. The molecule has 2 heterocycles. The number of tetrazole rings is 1. The molecule has 2 aromatic heterocycles. The summed E-state index contributed by atoms with van der Waals surface area (Å²) in [6.45, 7) is 3.93. The van der Waals surface area contributed by atoms with Crippen LogP contribution in [0.15, 0.2) is 48.5 Å². The zero-order valence-electron chi connectivity index (χ0n) is 15.3. The number of aromatic nitrogens is 5. The Kier molecular flexibility index (Phi) is 4.94. The number of ether oxygens (including phenoxy) is 1. The van der Waals surface area contributed by atoms with E-state index in [-0.39, 0.29) is 5.97 Å². The van der Waals surface area contributed by atoms with E-state index in [1.54, 1.807) is 6.92 Å². The lowest BCUT2D eigenvalue weighted by atomic mass is 9.97. The average Bonchev–Trinajstić information content (AvgIpc) is 3.38. The van der Waals surface area contributed by atoms with Gasteiger partial charge in [-0.25, -0.2) is 9.78 Å².